The number of aromatic hydroxyl groups is 1. The Labute approximate surface area is 97.5 Å². The van der Waals surface area contributed by atoms with Crippen LogP contribution in [-0.2, 0) is 11.8 Å². The molecule has 0 aromatic heterocycles. The zero-order valence-corrected chi connectivity index (χ0v) is 10.00. The maximum atomic E-state index is 10.3. The SMILES string of the molecule is CCc1cccc(C2(CN)CCCC2)c1O. The highest BCUT2D eigenvalue weighted by atomic mass is 16.3. The number of phenols is 1. The van der Waals surface area contributed by atoms with Crippen LogP contribution in [0.2, 0.25) is 0 Å². The molecule has 1 aromatic rings. The molecular weight excluding hydrogens is 198 g/mol. The number of hydrogen-bond acceptors (Lipinski definition) is 2. The van der Waals surface area contributed by atoms with Gasteiger partial charge in [-0.3, -0.25) is 0 Å². The van der Waals surface area contributed by atoms with Crippen molar-refractivity contribution in [2.75, 3.05) is 6.54 Å². The van der Waals surface area contributed by atoms with E-state index in [4.69, 9.17) is 5.73 Å². The van der Waals surface area contributed by atoms with E-state index in [1.807, 2.05) is 18.2 Å². The molecule has 0 spiro atoms. The minimum absolute atomic E-state index is 0.0370. The summed E-state index contributed by atoms with van der Waals surface area (Å²) in [5.74, 6) is 0.484. The first-order valence-corrected chi connectivity index (χ1v) is 6.25. The van der Waals surface area contributed by atoms with Crippen LogP contribution in [0, 0.1) is 0 Å². The third-order valence-electron chi connectivity index (χ3n) is 4.02. The molecule has 88 valence electrons. The van der Waals surface area contributed by atoms with Gasteiger partial charge in [0.25, 0.3) is 0 Å². The van der Waals surface area contributed by atoms with Crippen molar-refractivity contribution in [3.63, 3.8) is 0 Å². The average Bonchev–Trinajstić information content (AvgIpc) is 2.79. The Morgan fingerprint density at radius 2 is 2.00 bits per heavy atom. The lowest BCUT2D eigenvalue weighted by Crippen LogP contribution is -2.32. The van der Waals surface area contributed by atoms with Crippen LogP contribution in [-0.4, -0.2) is 11.7 Å². The highest BCUT2D eigenvalue weighted by molar-refractivity contribution is 5.45. The molecule has 1 fully saturated rings. The van der Waals surface area contributed by atoms with E-state index in [0.717, 1.165) is 30.4 Å². The van der Waals surface area contributed by atoms with Crippen molar-refractivity contribution in [2.45, 2.75) is 44.4 Å². The standard InChI is InChI=1S/C14H21NO/c1-2-11-6-5-7-12(13(11)16)14(10-15)8-3-4-9-14/h5-7,16H,2-4,8-10,15H2,1H3. The Kier molecular flexibility index (Phi) is 3.20. The summed E-state index contributed by atoms with van der Waals surface area (Å²) >= 11 is 0. The van der Waals surface area contributed by atoms with Crippen molar-refractivity contribution < 1.29 is 5.11 Å². The maximum absolute atomic E-state index is 10.3. The summed E-state index contributed by atoms with van der Waals surface area (Å²) in [5.41, 5.74) is 8.10. The number of rotatable bonds is 3. The van der Waals surface area contributed by atoms with Gasteiger partial charge in [-0.1, -0.05) is 38.0 Å². The molecule has 2 heteroatoms. The zero-order chi connectivity index (χ0) is 11.6. The predicted molar refractivity (Wildman–Crippen MR) is 66.7 cm³/mol. The van der Waals surface area contributed by atoms with Gasteiger partial charge in [-0.05, 0) is 24.8 Å². The van der Waals surface area contributed by atoms with Crippen LogP contribution in [0.5, 0.6) is 5.75 Å². The summed E-state index contributed by atoms with van der Waals surface area (Å²) in [7, 11) is 0. The summed E-state index contributed by atoms with van der Waals surface area (Å²) in [6.45, 7) is 2.72. The van der Waals surface area contributed by atoms with Gasteiger partial charge in [0.1, 0.15) is 5.75 Å². The molecule has 1 aliphatic carbocycles. The molecule has 2 rings (SSSR count). The highest BCUT2D eigenvalue weighted by Crippen LogP contribution is 2.44. The van der Waals surface area contributed by atoms with Gasteiger partial charge in [-0.2, -0.15) is 0 Å². The second-order valence-corrected chi connectivity index (χ2v) is 4.86. The van der Waals surface area contributed by atoms with Crippen LogP contribution in [0.15, 0.2) is 18.2 Å². The molecule has 0 atom stereocenters. The zero-order valence-electron chi connectivity index (χ0n) is 10.00. The molecule has 16 heavy (non-hydrogen) atoms. The van der Waals surface area contributed by atoms with Gasteiger partial charge < -0.3 is 10.8 Å². The Hall–Kier alpha value is -1.02. The summed E-state index contributed by atoms with van der Waals surface area (Å²) in [4.78, 5) is 0. The van der Waals surface area contributed by atoms with E-state index in [0.29, 0.717) is 12.3 Å². The average molecular weight is 219 g/mol. The van der Waals surface area contributed by atoms with Gasteiger partial charge in [0.15, 0.2) is 0 Å². The lowest BCUT2D eigenvalue weighted by atomic mass is 9.77. The lowest BCUT2D eigenvalue weighted by Gasteiger charge is -2.29. The van der Waals surface area contributed by atoms with E-state index in [9.17, 15) is 5.11 Å². The van der Waals surface area contributed by atoms with Gasteiger partial charge in [0.2, 0.25) is 0 Å². The van der Waals surface area contributed by atoms with Gasteiger partial charge in [-0.25, -0.2) is 0 Å². The minimum Gasteiger partial charge on any atom is -0.507 e. The predicted octanol–water partition coefficient (Wildman–Crippen LogP) is 2.73. The maximum Gasteiger partial charge on any atom is 0.122 e. The van der Waals surface area contributed by atoms with E-state index in [2.05, 4.69) is 6.92 Å². The van der Waals surface area contributed by atoms with E-state index in [1.165, 1.54) is 12.8 Å². The Morgan fingerprint density at radius 1 is 1.31 bits per heavy atom. The first-order chi connectivity index (χ1) is 7.73. The van der Waals surface area contributed by atoms with Gasteiger partial charge >= 0.3 is 0 Å². The number of hydrogen-bond donors (Lipinski definition) is 2. The molecule has 0 saturated heterocycles. The van der Waals surface area contributed by atoms with Crippen molar-refractivity contribution in [2.24, 2.45) is 5.73 Å². The first kappa shape index (κ1) is 11.5. The summed E-state index contributed by atoms with van der Waals surface area (Å²) in [6, 6.07) is 6.09. The number of nitrogens with two attached hydrogens (primary N) is 1. The number of para-hydroxylation sites is 1. The van der Waals surface area contributed by atoms with Crippen molar-refractivity contribution in [3.8, 4) is 5.75 Å². The third-order valence-corrected chi connectivity index (χ3v) is 4.02. The molecule has 1 aromatic carbocycles. The topological polar surface area (TPSA) is 46.2 Å². The fraction of sp³-hybridized carbons (Fsp3) is 0.571. The highest BCUT2D eigenvalue weighted by Gasteiger charge is 2.36. The molecule has 0 heterocycles. The molecular formula is C14H21NO. The summed E-state index contributed by atoms with van der Waals surface area (Å²) < 4.78 is 0. The Morgan fingerprint density at radius 3 is 2.56 bits per heavy atom. The molecule has 0 unspecified atom stereocenters. The van der Waals surface area contributed by atoms with Crippen molar-refractivity contribution in [1.29, 1.82) is 0 Å². The smallest absolute Gasteiger partial charge is 0.122 e. The van der Waals surface area contributed by atoms with Gasteiger partial charge in [-0.15, -0.1) is 0 Å². The molecule has 0 aliphatic heterocycles. The van der Waals surface area contributed by atoms with Crippen molar-refractivity contribution in [1.82, 2.24) is 0 Å². The Bertz CT molecular complexity index is 367. The fourth-order valence-electron chi connectivity index (χ4n) is 2.94. The van der Waals surface area contributed by atoms with E-state index >= 15 is 0 Å². The van der Waals surface area contributed by atoms with Crippen LogP contribution in [0.1, 0.15) is 43.7 Å². The first-order valence-electron chi connectivity index (χ1n) is 6.25. The second kappa shape index (κ2) is 4.46. The molecule has 2 nitrogen and oxygen atoms in total. The quantitative estimate of drug-likeness (QED) is 0.821. The second-order valence-electron chi connectivity index (χ2n) is 4.86. The van der Waals surface area contributed by atoms with E-state index in [-0.39, 0.29) is 5.41 Å². The number of benzene rings is 1. The Balaban J connectivity index is 2.46. The molecule has 1 saturated carbocycles. The van der Waals surface area contributed by atoms with Crippen LogP contribution in [0.4, 0.5) is 0 Å². The van der Waals surface area contributed by atoms with E-state index < -0.39 is 0 Å². The largest absolute Gasteiger partial charge is 0.507 e. The minimum atomic E-state index is 0.0370. The number of aryl methyl sites for hydroxylation is 1. The molecule has 0 bridgehead atoms. The third kappa shape index (κ3) is 1.71. The fourth-order valence-corrected chi connectivity index (χ4v) is 2.94. The van der Waals surface area contributed by atoms with Gasteiger partial charge in [0.05, 0.1) is 0 Å². The van der Waals surface area contributed by atoms with Crippen LogP contribution < -0.4 is 5.73 Å². The van der Waals surface area contributed by atoms with Gasteiger partial charge in [0, 0.05) is 17.5 Å². The monoisotopic (exact) mass is 219 g/mol. The molecule has 0 amide bonds. The van der Waals surface area contributed by atoms with Crippen LogP contribution >= 0.6 is 0 Å². The summed E-state index contributed by atoms with van der Waals surface area (Å²) in [5, 5.41) is 10.3. The van der Waals surface area contributed by atoms with Crippen molar-refractivity contribution in [3.05, 3.63) is 29.3 Å². The molecule has 3 N–H and O–H groups in total. The molecule has 1 aliphatic rings. The van der Waals surface area contributed by atoms with Crippen LogP contribution in [0.3, 0.4) is 0 Å². The summed E-state index contributed by atoms with van der Waals surface area (Å²) in [6.07, 6.45) is 5.56. The number of phenolic OH excluding ortho intramolecular Hbond substituents is 1. The van der Waals surface area contributed by atoms with Crippen LogP contribution in [0.25, 0.3) is 0 Å². The van der Waals surface area contributed by atoms with Crippen molar-refractivity contribution >= 4 is 0 Å². The van der Waals surface area contributed by atoms with E-state index in [1.54, 1.807) is 0 Å². The normalized spacial score (nSPS) is 18.9. The molecule has 0 radical (unpaired) electrons. The lowest BCUT2D eigenvalue weighted by molar-refractivity contribution is 0.402.